The number of guanidine groups is 1. The molecule has 0 bridgehead atoms. The summed E-state index contributed by atoms with van der Waals surface area (Å²) in [7, 11) is 0. The van der Waals surface area contributed by atoms with E-state index in [2.05, 4.69) is 15.6 Å². The van der Waals surface area contributed by atoms with Crippen molar-refractivity contribution in [2.45, 2.75) is 71.4 Å². The molecule has 3 atom stereocenters. The van der Waals surface area contributed by atoms with Crippen molar-refractivity contribution in [2.24, 2.45) is 28.3 Å². The Labute approximate surface area is 223 Å². The highest BCUT2D eigenvalue weighted by atomic mass is 35.5. The summed E-state index contributed by atoms with van der Waals surface area (Å²) < 4.78 is 0. The van der Waals surface area contributed by atoms with E-state index in [1.165, 1.54) is 0 Å². The van der Waals surface area contributed by atoms with E-state index in [9.17, 15) is 19.2 Å². The number of nitrogens with two attached hydrogens (primary N) is 2. The van der Waals surface area contributed by atoms with E-state index in [1.807, 2.05) is 13.8 Å². The first-order valence-corrected chi connectivity index (χ1v) is 13.2. The van der Waals surface area contributed by atoms with Gasteiger partial charge in [0.05, 0.1) is 6.04 Å². The summed E-state index contributed by atoms with van der Waals surface area (Å²) in [5.41, 5.74) is 11.2. The molecule has 1 aliphatic rings. The molecule has 1 aromatic rings. The van der Waals surface area contributed by atoms with E-state index in [4.69, 9.17) is 23.1 Å². The van der Waals surface area contributed by atoms with Crippen LogP contribution in [0.1, 0.15) is 59.3 Å². The van der Waals surface area contributed by atoms with Crippen LogP contribution in [0, 0.1) is 11.8 Å². The van der Waals surface area contributed by atoms with Crippen LogP contribution in [0.4, 0.5) is 10.5 Å². The largest absolute Gasteiger partial charge is 0.370 e. The highest BCUT2D eigenvalue weighted by Gasteiger charge is 2.39. The highest BCUT2D eigenvalue weighted by Crippen LogP contribution is 2.25. The second-order valence-electron chi connectivity index (χ2n) is 9.66. The van der Waals surface area contributed by atoms with Crippen LogP contribution in [0.2, 0.25) is 5.02 Å². The number of Topliss-reactive ketones (excluding diaryl/α,β-unsaturated/α-hetero) is 2. The number of ketones is 2. The Bertz CT molecular complexity index is 995. The van der Waals surface area contributed by atoms with Crippen molar-refractivity contribution in [3.8, 4) is 0 Å². The maximum absolute atomic E-state index is 13.5. The molecule has 0 spiro atoms. The zero-order valence-corrected chi connectivity index (χ0v) is 22.6. The SMILES string of the molecule is CCC(=O)[C@H](CCCN=C(N)N)CC(=O)[C@@H]1CCCN1C(=O)[C@@H](NC(=O)Nc1cccc(Cl)c1)C(C)C. The Morgan fingerprint density at radius 2 is 1.95 bits per heavy atom. The van der Waals surface area contributed by atoms with Crippen LogP contribution in [0.5, 0.6) is 0 Å². The Balaban J connectivity index is 2.06. The lowest BCUT2D eigenvalue weighted by atomic mass is 9.89. The monoisotopic (exact) mass is 534 g/mol. The number of nitrogens with zero attached hydrogens (tertiary/aromatic N) is 2. The lowest BCUT2D eigenvalue weighted by molar-refractivity contribution is -0.140. The number of hydrogen-bond acceptors (Lipinski definition) is 5. The van der Waals surface area contributed by atoms with Gasteiger partial charge in [-0.2, -0.15) is 0 Å². The van der Waals surface area contributed by atoms with Crippen LogP contribution in [-0.4, -0.2) is 59.5 Å². The predicted molar refractivity (Wildman–Crippen MR) is 145 cm³/mol. The van der Waals surface area contributed by atoms with Crippen LogP contribution in [0.15, 0.2) is 29.3 Å². The number of benzene rings is 1. The summed E-state index contributed by atoms with van der Waals surface area (Å²) in [5, 5.41) is 5.91. The van der Waals surface area contributed by atoms with Gasteiger partial charge in [0.25, 0.3) is 0 Å². The van der Waals surface area contributed by atoms with Crippen molar-refractivity contribution in [2.75, 3.05) is 18.4 Å². The summed E-state index contributed by atoms with van der Waals surface area (Å²) in [4.78, 5) is 57.4. The van der Waals surface area contributed by atoms with Crippen LogP contribution in [-0.2, 0) is 14.4 Å². The van der Waals surface area contributed by atoms with E-state index in [1.54, 1.807) is 36.1 Å². The number of likely N-dealkylation sites (tertiary alicyclic amines) is 1. The number of aliphatic imine (C=N–C) groups is 1. The molecule has 0 aromatic heterocycles. The molecule has 204 valence electrons. The molecule has 1 aromatic carbocycles. The molecule has 10 nitrogen and oxygen atoms in total. The summed E-state index contributed by atoms with van der Waals surface area (Å²) in [6, 6.07) is 4.73. The minimum atomic E-state index is -0.819. The average molecular weight is 535 g/mol. The molecule has 1 saturated heterocycles. The highest BCUT2D eigenvalue weighted by molar-refractivity contribution is 6.30. The fourth-order valence-corrected chi connectivity index (χ4v) is 4.71. The first-order chi connectivity index (χ1) is 17.5. The van der Waals surface area contributed by atoms with Crippen molar-refractivity contribution in [1.29, 1.82) is 0 Å². The summed E-state index contributed by atoms with van der Waals surface area (Å²) in [5.74, 6) is -1.09. The lowest BCUT2D eigenvalue weighted by Gasteiger charge is -2.31. The molecule has 1 aliphatic heterocycles. The topological polar surface area (TPSA) is 160 Å². The van der Waals surface area contributed by atoms with E-state index in [0.29, 0.717) is 55.9 Å². The molecular formula is C26H39ClN6O4. The number of carbonyl (C=O) groups is 4. The van der Waals surface area contributed by atoms with Gasteiger partial charge in [-0.15, -0.1) is 0 Å². The number of hydrogen-bond donors (Lipinski definition) is 4. The van der Waals surface area contributed by atoms with Crippen molar-refractivity contribution >= 4 is 46.8 Å². The average Bonchev–Trinajstić information content (AvgIpc) is 3.33. The lowest BCUT2D eigenvalue weighted by Crippen LogP contribution is -2.54. The van der Waals surface area contributed by atoms with Gasteiger partial charge in [-0.25, -0.2) is 4.79 Å². The third-order valence-electron chi connectivity index (χ3n) is 6.47. The molecule has 6 N–H and O–H groups in total. The molecule has 0 saturated carbocycles. The molecule has 0 aliphatic carbocycles. The first-order valence-electron chi connectivity index (χ1n) is 12.8. The molecule has 0 radical (unpaired) electrons. The fourth-order valence-electron chi connectivity index (χ4n) is 4.52. The smallest absolute Gasteiger partial charge is 0.319 e. The van der Waals surface area contributed by atoms with Gasteiger partial charge in [0.1, 0.15) is 11.8 Å². The van der Waals surface area contributed by atoms with Crippen molar-refractivity contribution in [1.82, 2.24) is 10.2 Å². The molecule has 1 fully saturated rings. The Morgan fingerprint density at radius 1 is 1.22 bits per heavy atom. The normalized spacial score (nSPS) is 16.7. The van der Waals surface area contributed by atoms with Crippen molar-refractivity contribution < 1.29 is 19.2 Å². The quantitative estimate of drug-likeness (QED) is 0.173. The van der Waals surface area contributed by atoms with Crippen LogP contribution in [0.3, 0.4) is 0 Å². The molecule has 11 heteroatoms. The van der Waals surface area contributed by atoms with Gasteiger partial charge < -0.3 is 27.0 Å². The molecule has 0 unspecified atom stereocenters. The minimum Gasteiger partial charge on any atom is -0.370 e. The fraction of sp³-hybridized carbons (Fsp3) is 0.577. The van der Waals surface area contributed by atoms with E-state index in [0.717, 1.165) is 0 Å². The number of rotatable bonds is 13. The molecule has 37 heavy (non-hydrogen) atoms. The molecular weight excluding hydrogens is 496 g/mol. The maximum atomic E-state index is 13.5. The number of nitrogens with one attached hydrogen (secondary N) is 2. The first kappa shape index (κ1) is 30.1. The van der Waals surface area contributed by atoms with Gasteiger partial charge in [-0.1, -0.05) is 38.4 Å². The molecule has 1 heterocycles. The van der Waals surface area contributed by atoms with Gasteiger partial charge >= 0.3 is 6.03 Å². The van der Waals surface area contributed by atoms with Gasteiger partial charge in [-0.3, -0.25) is 19.4 Å². The van der Waals surface area contributed by atoms with Crippen LogP contribution < -0.4 is 22.1 Å². The zero-order valence-electron chi connectivity index (χ0n) is 21.8. The van der Waals surface area contributed by atoms with E-state index >= 15 is 0 Å². The van der Waals surface area contributed by atoms with Crippen molar-refractivity contribution in [3.05, 3.63) is 29.3 Å². The Kier molecular flexibility index (Phi) is 11.8. The predicted octanol–water partition coefficient (Wildman–Crippen LogP) is 3.09. The summed E-state index contributed by atoms with van der Waals surface area (Å²) in [6.07, 6.45) is 2.68. The Morgan fingerprint density at radius 3 is 2.57 bits per heavy atom. The van der Waals surface area contributed by atoms with Gasteiger partial charge in [0.15, 0.2) is 11.7 Å². The standard InChI is InChI=1S/C26H39ClN6O4/c1-4-21(34)17(8-6-12-30-25(28)29)14-22(35)20-11-7-13-33(20)24(36)23(16(2)3)32-26(37)31-19-10-5-9-18(27)15-19/h5,9-10,15-17,20,23H,4,6-8,11-14H2,1-3H3,(H4,28,29,30)(H2,31,32,37)/t17-,20+,23+/m1/s1. The third-order valence-corrected chi connectivity index (χ3v) is 6.70. The molecule has 3 amide bonds. The number of anilines is 1. The summed E-state index contributed by atoms with van der Waals surface area (Å²) in [6.45, 7) is 6.25. The van der Waals surface area contributed by atoms with Gasteiger partial charge in [0.2, 0.25) is 5.91 Å². The van der Waals surface area contributed by atoms with Crippen LogP contribution >= 0.6 is 11.6 Å². The second kappa shape index (κ2) is 14.6. The second-order valence-corrected chi connectivity index (χ2v) is 10.1. The Hall–Kier alpha value is -3.14. The number of carbonyl (C=O) groups excluding carboxylic acids is 4. The number of amides is 3. The van der Waals surface area contributed by atoms with Crippen LogP contribution in [0.25, 0.3) is 0 Å². The molecule has 2 rings (SSSR count). The third kappa shape index (κ3) is 9.35. The van der Waals surface area contributed by atoms with Gasteiger partial charge in [-0.05, 0) is 49.8 Å². The van der Waals surface area contributed by atoms with Gasteiger partial charge in [0, 0.05) is 42.6 Å². The maximum Gasteiger partial charge on any atom is 0.319 e. The minimum absolute atomic E-state index is 0.00772. The summed E-state index contributed by atoms with van der Waals surface area (Å²) >= 11 is 5.98. The number of halogens is 1. The van der Waals surface area contributed by atoms with E-state index < -0.39 is 24.0 Å². The zero-order chi connectivity index (χ0) is 27.5. The number of urea groups is 1. The van der Waals surface area contributed by atoms with E-state index in [-0.39, 0.29) is 35.8 Å². The van der Waals surface area contributed by atoms with Crippen molar-refractivity contribution in [3.63, 3.8) is 0 Å².